The minimum atomic E-state index is 0.146. The minimum Gasteiger partial charge on any atom is -0.236 e. The molecule has 1 atom stereocenters. The first-order valence-electron chi connectivity index (χ1n) is 12.6. The Balaban J connectivity index is 1.09. The number of hydrogen-bond acceptors (Lipinski definition) is 2. The normalized spacial score (nSPS) is 16.7. The molecule has 1 unspecified atom stereocenters. The van der Waals surface area contributed by atoms with Crippen molar-refractivity contribution in [3.63, 3.8) is 0 Å². The molecule has 1 saturated carbocycles. The lowest BCUT2D eigenvalue weighted by molar-refractivity contribution is 0.829. The van der Waals surface area contributed by atoms with E-state index in [9.17, 15) is 0 Å². The summed E-state index contributed by atoms with van der Waals surface area (Å²) in [5.41, 5.74) is 12.2. The average molecular weight is 478 g/mol. The molecule has 36 heavy (non-hydrogen) atoms. The molecule has 1 spiro atoms. The van der Waals surface area contributed by atoms with E-state index in [0.717, 1.165) is 10.5 Å². The van der Waals surface area contributed by atoms with Crippen LogP contribution < -0.4 is 0 Å². The molecule has 1 nitrogen and oxygen atoms in total. The maximum Gasteiger partial charge on any atom is 0.124 e. The highest BCUT2D eigenvalue weighted by Crippen LogP contribution is 2.70. The van der Waals surface area contributed by atoms with Gasteiger partial charge in [0.25, 0.3) is 0 Å². The monoisotopic (exact) mass is 477 g/mol. The van der Waals surface area contributed by atoms with Crippen molar-refractivity contribution in [2.24, 2.45) is 0 Å². The highest BCUT2D eigenvalue weighted by atomic mass is 32.1. The zero-order valence-corrected chi connectivity index (χ0v) is 20.5. The first kappa shape index (κ1) is 20.2. The fourth-order valence-corrected chi connectivity index (χ4v) is 7.30. The molecule has 0 radical (unpaired) electrons. The molecule has 8 rings (SSSR count). The molecule has 0 bridgehead atoms. The molecule has 6 aromatic rings. The van der Waals surface area contributed by atoms with Gasteiger partial charge in [0.15, 0.2) is 0 Å². The summed E-state index contributed by atoms with van der Waals surface area (Å²) in [5.74, 6) is 0.540. The second kappa shape index (κ2) is 7.49. The highest BCUT2D eigenvalue weighted by Gasteiger charge is 2.61. The number of aromatic nitrogens is 1. The standard InChI is InChI=1S/C34H23NS/c1-3-9-28-26(7-1)27-8-2-4-10-29(27)34(28)21-30(34)24-17-13-22(14-18-24)23-15-19-25(20-16-23)33-35-31-11-5-6-12-32(31)36-33/h1-20,30H,21H2. The van der Waals surface area contributed by atoms with Crippen LogP contribution in [-0.4, -0.2) is 4.98 Å². The third-order valence-corrected chi connectivity index (χ3v) is 9.22. The molecule has 0 N–H and O–H groups in total. The first-order valence-corrected chi connectivity index (χ1v) is 13.4. The van der Waals surface area contributed by atoms with E-state index >= 15 is 0 Å². The van der Waals surface area contributed by atoms with Crippen molar-refractivity contribution in [1.82, 2.24) is 4.98 Å². The predicted octanol–water partition coefficient (Wildman–Crippen LogP) is 9.08. The van der Waals surface area contributed by atoms with Crippen LogP contribution in [0.3, 0.4) is 0 Å². The summed E-state index contributed by atoms with van der Waals surface area (Å²) < 4.78 is 1.23. The second-order valence-corrected chi connectivity index (χ2v) is 11.0. The Morgan fingerprint density at radius 2 is 1.14 bits per heavy atom. The zero-order valence-electron chi connectivity index (χ0n) is 19.7. The summed E-state index contributed by atoms with van der Waals surface area (Å²) in [4.78, 5) is 4.81. The molecular weight excluding hydrogens is 454 g/mol. The number of benzene rings is 5. The molecule has 0 saturated heterocycles. The van der Waals surface area contributed by atoms with Crippen LogP contribution >= 0.6 is 11.3 Å². The van der Waals surface area contributed by atoms with E-state index in [-0.39, 0.29) is 5.41 Å². The third kappa shape index (κ3) is 2.85. The maximum atomic E-state index is 4.81. The number of fused-ring (bicyclic) bond motifs is 6. The fourth-order valence-electron chi connectivity index (χ4n) is 6.33. The summed E-state index contributed by atoms with van der Waals surface area (Å²) in [6, 6.07) is 44.5. The molecule has 1 fully saturated rings. The highest BCUT2D eigenvalue weighted by molar-refractivity contribution is 7.21. The molecule has 2 heteroatoms. The van der Waals surface area contributed by atoms with E-state index in [1.807, 2.05) is 6.07 Å². The van der Waals surface area contributed by atoms with Crippen molar-refractivity contribution in [3.8, 4) is 32.8 Å². The molecule has 0 aliphatic heterocycles. The van der Waals surface area contributed by atoms with Crippen LogP contribution in [0.15, 0.2) is 121 Å². The second-order valence-electron chi connectivity index (χ2n) is 10.0. The van der Waals surface area contributed by atoms with Gasteiger partial charge in [0.1, 0.15) is 5.01 Å². The van der Waals surface area contributed by atoms with E-state index in [1.54, 1.807) is 11.3 Å². The summed E-state index contributed by atoms with van der Waals surface area (Å²) in [6.45, 7) is 0. The number of hydrogen-bond donors (Lipinski definition) is 0. The van der Waals surface area contributed by atoms with Gasteiger partial charge in [0.05, 0.1) is 10.2 Å². The lowest BCUT2D eigenvalue weighted by atomic mass is 9.88. The molecule has 1 aromatic heterocycles. The van der Waals surface area contributed by atoms with Crippen molar-refractivity contribution >= 4 is 21.6 Å². The Kier molecular flexibility index (Phi) is 4.21. The molecule has 2 aliphatic rings. The van der Waals surface area contributed by atoms with E-state index in [0.29, 0.717) is 5.92 Å². The number of rotatable bonds is 3. The van der Waals surface area contributed by atoms with Crippen molar-refractivity contribution in [3.05, 3.63) is 138 Å². The lowest BCUT2D eigenvalue weighted by Crippen LogP contribution is -2.07. The van der Waals surface area contributed by atoms with E-state index in [2.05, 4.69) is 115 Å². The Bertz CT molecular complexity index is 1680. The van der Waals surface area contributed by atoms with Crippen LogP contribution in [0.4, 0.5) is 0 Å². The predicted molar refractivity (Wildman–Crippen MR) is 151 cm³/mol. The Morgan fingerprint density at radius 3 is 1.81 bits per heavy atom. The topological polar surface area (TPSA) is 12.9 Å². The summed E-state index contributed by atoms with van der Waals surface area (Å²) in [7, 11) is 0. The smallest absolute Gasteiger partial charge is 0.124 e. The van der Waals surface area contributed by atoms with Gasteiger partial charge in [0, 0.05) is 11.0 Å². The molecule has 5 aromatic carbocycles. The fraction of sp³-hybridized carbons (Fsp3) is 0.0882. The van der Waals surface area contributed by atoms with Crippen molar-refractivity contribution in [1.29, 1.82) is 0 Å². The van der Waals surface area contributed by atoms with E-state index in [4.69, 9.17) is 4.98 Å². The largest absolute Gasteiger partial charge is 0.236 e. The molecule has 170 valence electrons. The van der Waals surface area contributed by atoms with Gasteiger partial charge in [-0.15, -0.1) is 11.3 Å². The van der Waals surface area contributed by atoms with Crippen LogP contribution in [0.5, 0.6) is 0 Å². The Labute approximate surface area is 214 Å². The molecule has 2 aliphatic carbocycles. The average Bonchev–Trinajstić information content (AvgIpc) is 3.44. The van der Waals surface area contributed by atoms with Crippen LogP contribution in [0.25, 0.3) is 43.0 Å². The van der Waals surface area contributed by atoms with Gasteiger partial charge in [-0.25, -0.2) is 4.98 Å². The van der Waals surface area contributed by atoms with Crippen LogP contribution in [0, 0.1) is 0 Å². The number of thiazole rings is 1. The summed E-state index contributed by atoms with van der Waals surface area (Å²) in [6.07, 6.45) is 1.19. The van der Waals surface area contributed by atoms with Crippen LogP contribution in [-0.2, 0) is 5.41 Å². The SMILES string of the molecule is c1ccc2c(c1)-c1ccccc1C21CC1c1ccc(-c2ccc(-c3nc4ccccc4s3)cc2)cc1. The minimum absolute atomic E-state index is 0.146. The van der Waals surface area contributed by atoms with Gasteiger partial charge >= 0.3 is 0 Å². The van der Waals surface area contributed by atoms with E-state index < -0.39 is 0 Å². The van der Waals surface area contributed by atoms with Crippen LogP contribution in [0.2, 0.25) is 0 Å². The number of para-hydroxylation sites is 1. The van der Waals surface area contributed by atoms with Gasteiger partial charge in [0.2, 0.25) is 0 Å². The van der Waals surface area contributed by atoms with Gasteiger partial charge in [-0.3, -0.25) is 0 Å². The van der Waals surface area contributed by atoms with Gasteiger partial charge < -0.3 is 0 Å². The summed E-state index contributed by atoms with van der Waals surface area (Å²) in [5, 5.41) is 1.08. The quantitative estimate of drug-likeness (QED) is 0.248. The first-order chi connectivity index (χ1) is 17.8. The maximum absolute atomic E-state index is 4.81. The Hall–Kier alpha value is -4.01. The van der Waals surface area contributed by atoms with Gasteiger partial charge in [-0.05, 0) is 63.4 Å². The van der Waals surface area contributed by atoms with Crippen molar-refractivity contribution in [2.45, 2.75) is 17.8 Å². The molecule has 0 amide bonds. The Morgan fingerprint density at radius 1 is 0.583 bits per heavy atom. The lowest BCUT2D eigenvalue weighted by Gasteiger charge is -2.14. The van der Waals surface area contributed by atoms with E-state index in [1.165, 1.54) is 55.6 Å². The van der Waals surface area contributed by atoms with Crippen molar-refractivity contribution in [2.75, 3.05) is 0 Å². The molecular formula is C34H23NS. The van der Waals surface area contributed by atoms with Crippen molar-refractivity contribution < 1.29 is 0 Å². The van der Waals surface area contributed by atoms with Crippen LogP contribution in [0.1, 0.15) is 29.0 Å². The zero-order chi connectivity index (χ0) is 23.7. The summed E-state index contributed by atoms with van der Waals surface area (Å²) >= 11 is 1.75. The third-order valence-electron chi connectivity index (χ3n) is 8.14. The van der Waals surface area contributed by atoms with Gasteiger partial charge in [-0.2, -0.15) is 0 Å². The van der Waals surface area contributed by atoms with Gasteiger partial charge in [-0.1, -0.05) is 109 Å². The number of nitrogens with zero attached hydrogens (tertiary/aromatic N) is 1. The molecule has 1 heterocycles.